The summed E-state index contributed by atoms with van der Waals surface area (Å²) in [7, 11) is 0. The zero-order chi connectivity index (χ0) is 16.2. The molecule has 0 bridgehead atoms. The summed E-state index contributed by atoms with van der Waals surface area (Å²) in [6.45, 7) is 3.76. The molecule has 1 aliphatic carbocycles. The van der Waals surface area contributed by atoms with Crippen molar-refractivity contribution in [3.63, 3.8) is 0 Å². The Morgan fingerprint density at radius 2 is 2.35 bits per heavy atom. The van der Waals surface area contributed by atoms with Crippen molar-refractivity contribution in [1.82, 2.24) is 10.2 Å². The number of aliphatic imine (C=N–C) groups is 1. The first-order chi connectivity index (χ1) is 11.2. The summed E-state index contributed by atoms with van der Waals surface area (Å²) in [4.78, 5) is 6.61. The van der Waals surface area contributed by atoms with Crippen LogP contribution in [0.15, 0.2) is 40.9 Å². The van der Waals surface area contributed by atoms with Gasteiger partial charge >= 0.3 is 0 Å². The Morgan fingerprint density at radius 3 is 3.13 bits per heavy atom. The summed E-state index contributed by atoms with van der Waals surface area (Å²) in [5.41, 5.74) is 2.36. The maximum absolute atomic E-state index is 6.02. The summed E-state index contributed by atoms with van der Waals surface area (Å²) in [5.74, 6) is 0.871. The number of rotatable bonds is 3. The summed E-state index contributed by atoms with van der Waals surface area (Å²) >= 11 is 11.6. The topological polar surface area (TPSA) is 39.7 Å². The Bertz CT molecular complexity index is 656. The maximum Gasteiger partial charge on any atom is 0.200 e. The van der Waals surface area contributed by atoms with Crippen molar-refractivity contribution < 1.29 is 0 Å². The molecule has 0 saturated heterocycles. The smallest absolute Gasteiger partial charge is 0.200 e. The zero-order valence-corrected chi connectivity index (χ0v) is 14.8. The number of guanidine groups is 1. The van der Waals surface area contributed by atoms with Crippen molar-refractivity contribution in [2.24, 2.45) is 4.99 Å². The monoisotopic (exact) mass is 348 g/mol. The molecule has 1 unspecified atom stereocenters. The average Bonchev–Trinajstić information content (AvgIpc) is 3.16. The molecule has 4 nitrogen and oxygen atoms in total. The third-order valence-electron chi connectivity index (χ3n) is 4.18. The molecule has 2 N–H and O–H groups in total. The van der Waals surface area contributed by atoms with Crippen molar-refractivity contribution in [2.75, 3.05) is 18.4 Å². The van der Waals surface area contributed by atoms with Crippen LogP contribution in [0.25, 0.3) is 0 Å². The third kappa shape index (κ3) is 3.85. The number of anilines is 1. The molecule has 0 aromatic heterocycles. The van der Waals surface area contributed by atoms with Crippen LogP contribution < -0.4 is 10.6 Å². The standard InChI is InChI=1S/C17H21ClN4S/c1-2-12-5-3-8-15(12)21-16-19-9-10-22(16)17(23)20-14-7-4-6-13(18)11-14/h4-7,11,15H,2-3,8-10H2,1H3,(H,19,21)(H,20,23). The van der Waals surface area contributed by atoms with Crippen LogP contribution in [-0.2, 0) is 0 Å². The second-order valence-corrected chi connectivity index (χ2v) is 6.53. The summed E-state index contributed by atoms with van der Waals surface area (Å²) in [6, 6.07) is 7.95. The second kappa shape index (κ2) is 7.32. The van der Waals surface area contributed by atoms with Gasteiger partial charge in [-0.1, -0.05) is 36.2 Å². The highest BCUT2D eigenvalue weighted by atomic mass is 35.5. The number of allylic oxidation sites excluding steroid dienone is 1. The molecule has 0 fully saturated rings. The molecule has 122 valence electrons. The quantitative estimate of drug-likeness (QED) is 0.644. The molecule has 0 amide bonds. The molecular weight excluding hydrogens is 328 g/mol. The largest absolute Gasteiger partial charge is 0.349 e. The molecular formula is C17H21ClN4S. The lowest BCUT2D eigenvalue weighted by Crippen LogP contribution is -2.47. The van der Waals surface area contributed by atoms with Gasteiger partial charge in [0, 0.05) is 17.3 Å². The molecule has 3 rings (SSSR count). The molecule has 0 radical (unpaired) electrons. The van der Waals surface area contributed by atoms with E-state index in [4.69, 9.17) is 23.8 Å². The van der Waals surface area contributed by atoms with Crippen LogP contribution in [0.2, 0.25) is 5.02 Å². The molecule has 23 heavy (non-hydrogen) atoms. The Balaban J connectivity index is 1.64. The lowest BCUT2D eigenvalue weighted by molar-refractivity contribution is 0.596. The SMILES string of the molecule is CCC1=CCCC1NC1=NCCN1C(=S)Nc1cccc(Cl)c1. The molecule has 1 aromatic rings. The summed E-state index contributed by atoms with van der Waals surface area (Å²) in [5, 5.41) is 8.14. The number of halogens is 1. The van der Waals surface area contributed by atoms with E-state index in [9.17, 15) is 0 Å². The normalized spacial score (nSPS) is 20.3. The van der Waals surface area contributed by atoms with Gasteiger partial charge in [0.15, 0.2) is 5.11 Å². The number of benzene rings is 1. The number of hydrogen-bond donors (Lipinski definition) is 2. The first-order valence-electron chi connectivity index (χ1n) is 8.01. The minimum atomic E-state index is 0.383. The molecule has 0 saturated carbocycles. The van der Waals surface area contributed by atoms with Crippen LogP contribution in [0, 0.1) is 0 Å². The maximum atomic E-state index is 6.02. The average molecular weight is 349 g/mol. The van der Waals surface area contributed by atoms with Gasteiger partial charge in [-0.3, -0.25) is 9.89 Å². The van der Waals surface area contributed by atoms with Crippen LogP contribution in [0.5, 0.6) is 0 Å². The van der Waals surface area contributed by atoms with E-state index in [1.165, 1.54) is 5.57 Å². The van der Waals surface area contributed by atoms with Gasteiger partial charge in [0.05, 0.1) is 12.6 Å². The lowest BCUT2D eigenvalue weighted by atomic mass is 10.1. The summed E-state index contributed by atoms with van der Waals surface area (Å²) < 4.78 is 0. The molecule has 0 spiro atoms. The number of nitrogens with one attached hydrogen (secondary N) is 2. The molecule has 6 heteroatoms. The summed E-state index contributed by atoms with van der Waals surface area (Å²) in [6.07, 6.45) is 5.68. The molecule has 1 heterocycles. The zero-order valence-electron chi connectivity index (χ0n) is 13.2. The fourth-order valence-electron chi connectivity index (χ4n) is 3.00. The Morgan fingerprint density at radius 1 is 1.48 bits per heavy atom. The Labute approximate surface area is 147 Å². The first-order valence-corrected chi connectivity index (χ1v) is 8.80. The van der Waals surface area contributed by atoms with Crippen LogP contribution in [0.3, 0.4) is 0 Å². The number of nitrogens with zero attached hydrogens (tertiary/aromatic N) is 2. The molecule has 2 aliphatic rings. The van der Waals surface area contributed by atoms with Gasteiger partial charge in [0.25, 0.3) is 0 Å². The number of hydrogen-bond acceptors (Lipinski definition) is 3. The van der Waals surface area contributed by atoms with Crippen molar-refractivity contribution in [3.05, 3.63) is 40.9 Å². The van der Waals surface area contributed by atoms with Crippen LogP contribution >= 0.6 is 23.8 Å². The molecule has 1 aromatic carbocycles. The Kier molecular flexibility index (Phi) is 5.18. The van der Waals surface area contributed by atoms with Crippen molar-refractivity contribution in [1.29, 1.82) is 0 Å². The highest BCUT2D eigenvalue weighted by molar-refractivity contribution is 7.80. The van der Waals surface area contributed by atoms with Crippen LogP contribution in [0.4, 0.5) is 5.69 Å². The van der Waals surface area contributed by atoms with E-state index in [1.54, 1.807) is 0 Å². The van der Waals surface area contributed by atoms with E-state index in [0.717, 1.165) is 44.0 Å². The van der Waals surface area contributed by atoms with Gasteiger partial charge in [-0.25, -0.2) is 0 Å². The fraction of sp³-hybridized carbons (Fsp3) is 0.412. The van der Waals surface area contributed by atoms with E-state index in [-0.39, 0.29) is 0 Å². The van der Waals surface area contributed by atoms with Crippen LogP contribution in [0.1, 0.15) is 26.2 Å². The van der Waals surface area contributed by atoms with E-state index in [2.05, 4.69) is 28.6 Å². The van der Waals surface area contributed by atoms with Crippen LogP contribution in [-0.4, -0.2) is 35.1 Å². The predicted octanol–water partition coefficient (Wildman–Crippen LogP) is 3.80. The van der Waals surface area contributed by atoms with Gasteiger partial charge in [0.1, 0.15) is 0 Å². The molecule has 1 atom stereocenters. The van der Waals surface area contributed by atoms with Crippen molar-refractivity contribution in [3.8, 4) is 0 Å². The highest BCUT2D eigenvalue weighted by Crippen LogP contribution is 2.22. The van der Waals surface area contributed by atoms with E-state index >= 15 is 0 Å². The van der Waals surface area contributed by atoms with Crippen molar-refractivity contribution in [2.45, 2.75) is 32.2 Å². The van der Waals surface area contributed by atoms with Crippen molar-refractivity contribution >= 4 is 40.6 Å². The minimum Gasteiger partial charge on any atom is -0.349 e. The fourth-order valence-corrected chi connectivity index (χ4v) is 3.49. The van der Waals surface area contributed by atoms with E-state index < -0.39 is 0 Å². The minimum absolute atomic E-state index is 0.383. The van der Waals surface area contributed by atoms with E-state index in [0.29, 0.717) is 16.2 Å². The second-order valence-electron chi connectivity index (χ2n) is 5.70. The first kappa shape index (κ1) is 16.3. The van der Waals surface area contributed by atoms with Gasteiger partial charge in [0.2, 0.25) is 5.96 Å². The molecule has 1 aliphatic heterocycles. The lowest BCUT2D eigenvalue weighted by Gasteiger charge is -2.26. The predicted molar refractivity (Wildman–Crippen MR) is 101 cm³/mol. The van der Waals surface area contributed by atoms with Gasteiger partial charge in [-0.15, -0.1) is 0 Å². The van der Waals surface area contributed by atoms with Gasteiger partial charge in [-0.05, 0) is 49.7 Å². The van der Waals surface area contributed by atoms with Gasteiger partial charge in [-0.2, -0.15) is 0 Å². The highest BCUT2D eigenvalue weighted by Gasteiger charge is 2.26. The van der Waals surface area contributed by atoms with E-state index in [1.807, 2.05) is 29.2 Å². The Hall–Kier alpha value is -1.59. The van der Waals surface area contributed by atoms with Gasteiger partial charge < -0.3 is 10.6 Å². The third-order valence-corrected chi connectivity index (χ3v) is 4.74. The number of thiocarbonyl (C=S) groups is 1.